The van der Waals surface area contributed by atoms with E-state index in [-0.39, 0.29) is 24.0 Å². The van der Waals surface area contributed by atoms with Crippen molar-refractivity contribution in [3.8, 4) is 11.1 Å². The zero-order valence-corrected chi connectivity index (χ0v) is 19.4. The number of carbonyl (C=O) groups excluding carboxylic acids is 1. The molecule has 1 saturated carbocycles. The highest BCUT2D eigenvalue weighted by atomic mass is 32.2. The monoisotopic (exact) mass is 469 g/mol. The molecule has 2 unspecified atom stereocenters. The fourth-order valence-electron chi connectivity index (χ4n) is 4.35. The Morgan fingerprint density at radius 2 is 1.85 bits per heavy atom. The molecule has 1 aliphatic heterocycles. The van der Waals surface area contributed by atoms with Crippen molar-refractivity contribution in [1.82, 2.24) is 15.0 Å². The number of fused-ring (bicyclic) bond motifs is 1. The number of nitrogens with zero attached hydrogens (tertiary/aromatic N) is 3. The molecule has 0 bridgehead atoms. The minimum absolute atomic E-state index is 0.00133. The second-order valence-corrected chi connectivity index (χ2v) is 9.62. The van der Waals surface area contributed by atoms with Gasteiger partial charge in [0.1, 0.15) is 11.5 Å². The molecule has 9 nitrogen and oxygen atoms in total. The van der Waals surface area contributed by atoms with Crippen LogP contribution in [0, 0.1) is 5.92 Å². The SMILES string of the molecule is CC1CN(N(c2ccc(-c3cc(NC(=O)C4CC4)nc4[nH]ccc34)cc2)[SH](=O)=O)CC(C)O1. The van der Waals surface area contributed by atoms with Gasteiger partial charge in [-0.15, -0.1) is 0 Å². The predicted molar refractivity (Wildman–Crippen MR) is 127 cm³/mol. The summed E-state index contributed by atoms with van der Waals surface area (Å²) >= 11 is 0. The van der Waals surface area contributed by atoms with Gasteiger partial charge in [0.15, 0.2) is 0 Å². The number of rotatable bonds is 6. The molecule has 1 aromatic carbocycles. The smallest absolute Gasteiger partial charge is 0.238 e. The van der Waals surface area contributed by atoms with E-state index in [9.17, 15) is 13.2 Å². The van der Waals surface area contributed by atoms with Crippen molar-refractivity contribution in [2.45, 2.75) is 38.9 Å². The number of anilines is 2. The third-order valence-corrected chi connectivity index (χ3v) is 6.75. The van der Waals surface area contributed by atoms with Crippen LogP contribution in [0.5, 0.6) is 0 Å². The molecule has 5 rings (SSSR count). The third kappa shape index (κ3) is 4.59. The number of H-pyrrole nitrogens is 1. The number of ether oxygens (including phenoxy) is 1. The molecule has 3 aromatic rings. The summed E-state index contributed by atoms with van der Waals surface area (Å²) in [4.78, 5) is 19.9. The highest BCUT2D eigenvalue weighted by Crippen LogP contribution is 2.34. The maximum atomic E-state index is 12.2. The Balaban J connectivity index is 1.46. The van der Waals surface area contributed by atoms with Crippen LogP contribution in [0.25, 0.3) is 22.2 Å². The molecule has 1 saturated heterocycles. The van der Waals surface area contributed by atoms with Crippen molar-refractivity contribution in [3.05, 3.63) is 42.6 Å². The summed E-state index contributed by atoms with van der Waals surface area (Å²) in [6, 6.07) is 11.2. The fourth-order valence-corrected chi connectivity index (χ4v) is 5.03. The summed E-state index contributed by atoms with van der Waals surface area (Å²) in [6.07, 6.45) is 3.53. The van der Waals surface area contributed by atoms with Crippen molar-refractivity contribution >= 4 is 39.3 Å². The minimum atomic E-state index is -2.86. The molecular formula is C23H27N5O4S. The molecule has 174 valence electrons. The van der Waals surface area contributed by atoms with E-state index in [1.807, 2.05) is 49.3 Å². The van der Waals surface area contributed by atoms with Gasteiger partial charge in [0, 0.05) is 30.6 Å². The molecule has 2 atom stereocenters. The van der Waals surface area contributed by atoms with Crippen LogP contribution < -0.4 is 9.73 Å². The van der Waals surface area contributed by atoms with Gasteiger partial charge in [-0.25, -0.2) is 22.8 Å². The molecule has 1 amide bonds. The van der Waals surface area contributed by atoms with Gasteiger partial charge in [-0.1, -0.05) is 12.1 Å². The van der Waals surface area contributed by atoms with Crippen molar-refractivity contribution in [1.29, 1.82) is 0 Å². The second-order valence-electron chi connectivity index (χ2n) is 8.76. The van der Waals surface area contributed by atoms with Gasteiger partial charge in [-0.05, 0) is 62.1 Å². The van der Waals surface area contributed by atoms with Crippen LogP contribution in [0.4, 0.5) is 11.5 Å². The van der Waals surface area contributed by atoms with E-state index in [0.29, 0.717) is 30.2 Å². The number of morpholine rings is 1. The number of pyridine rings is 1. The van der Waals surface area contributed by atoms with Crippen LogP contribution in [-0.2, 0) is 20.4 Å². The van der Waals surface area contributed by atoms with Crippen molar-refractivity contribution in [3.63, 3.8) is 0 Å². The summed E-state index contributed by atoms with van der Waals surface area (Å²) < 4.78 is 31.4. The van der Waals surface area contributed by atoms with E-state index in [1.54, 1.807) is 12.1 Å². The quantitative estimate of drug-likeness (QED) is 0.479. The van der Waals surface area contributed by atoms with Gasteiger partial charge in [0.05, 0.1) is 17.9 Å². The molecule has 1 aliphatic carbocycles. The number of aromatic amines is 1. The minimum Gasteiger partial charge on any atom is -0.373 e. The molecule has 2 fully saturated rings. The Morgan fingerprint density at radius 1 is 1.15 bits per heavy atom. The van der Waals surface area contributed by atoms with Gasteiger partial charge < -0.3 is 15.0 Å². The van der Waals surface area contributed by atoms with E-state index in [2.05, 4.69) is 15.3 Å². The number of hydrogen-bond donors (Lipinski definition) is 3. The molecule has 0 radical (unpaired) electrons. The molecule has 2 aliphatic rings. The van der Waals surface area contributed by atoms with Gasteiger partial charge >= 0.3 is 0 Å². The number of nitrogens with one attached hydrogen (secondary N) is 2. The summed E-state index contributed by atoms with van der Waals surface area (Å²) in [7, 11) is -2.86. The molecular weight excluding hydrogens is 442 g/mol. The van der Waals surface area contributed by atoms with Crippen molar-refractivity contribution in [2.75, 3.05) is 22.8 Å². The van der Waals surface area contributed by atoms with E-state index in [0.717, 1.165) is 29.4 Å². The maximum Gasteiger partial charge on any atom is 0.238 e. The summed E-state index contributed by atoms with van der Waals surface area (Å²) in [5.74, 6) is 0.583. The molecule has 10 heteroatoms. The normalized spacial score (nSPS) is 21.4. The van der Waals surface area contributed by atoms with Crippen LogP contribution in [0.2, 0.25) is 0 Å². The van der Waals surface area contributed by atoms with E-state index in [1.165, 1.54) is 4.41 Å². The number of amides is 1. The van der Waals surface area contributed by atoms with Crippen molar-refractivity contribution in [2.24, 2.45) is 5.92 Å². The Morgan fingerprint density at radius 3 is 2.48 bits per heavy atom. The first-order valence-corrected chi connectivity index (χ1v) is 12.3. The molecule has 3 heterocycles. The van der Waals surface area contributed by atoms with Gasteiger partial charge in [-0.2, -0.15) is 0 Å². The average molecular weight is 470 g/mol. The number of aromatic nitrogens is 2. The number of hydrazine groups is 1. The second kappa shape index (κ2) is 8.77. The maximum absolute atomic E-state index is 12.2. The Labute approximate surface area is 193 Å². The van der Waals surface area contributed by atoms with Gasteiger partial charge in [0.2, 0.25) is 16.8 Å². The highest BCUT2D eigenvalue weighted by Gasteiger charge is 2.30. The Hall–Kier alpha value is -2.95. The summed E-state index contributed by atoms with van der Waals surface area (Å²) in [6.45, 7) is 4.86. The molecule has 2 N–H and O–H groups in total. The molecule has 0 spiro atoms. The van der Waals surface area contributed by atoms with Crippen LogP contribution >= 0.6 is 0 Å². The lowest BCUT2D eigenvalue weighted by molar-refractivity contribution is -0.117. The van der Waals surface area contributed by atoms with E-state index in [4.69, 9.17) is 4.74 Å². The van der Waals surface area contributed by atoms with Gasteiger partial charge in [-0.3, -0.25) is 4.79 Å². The first-order chi connectivity index (χ1) is 15.9. The Kier molecular flexibility index (Phi) is 5.81. The fraction of sp³-hybridized carbons (Fsp3) is 0.391. The number of carbonyl (C=O) groups is 1. The zero-order valence-electron chi connectivity index (χ0n) is 18.5. The summed E-state index contributed by atoms with van der Waals surface area (Å²) in [5, 5.41) is 5.65. The van der Waals surface area contributed by atoms with E-state index < -0.39 is 10.9 Å². The summed E-state index contributed by atoms with van der Waals surface area (Å²) in [5.41, 5.74) is 3.06. The van der Waals surface area contributed by atoms with Crippen LogP contribution in [0.3, 0.4) is 0 Å². The van der Waals surface area contributed by atoms with Gasteiger partial charge in [0.25, 0.3) is 0 Å². The topological polar surface area (TPSA) is 108 Å². The molecule has 2 aromatic heterocycles. The lowest BCUT2D eigenvalue weighted by Gasteiger charge is -2.39. The number of hydrogen-bond acceptors (Lipinski definition) is 6. The largest absolute Gasteiger partial charge is 0.373 e. The lowest BCUT2D eigenvalue weighted by atomic mass is 10.0. The van der Waals surface area contributed by atoms with E-state index >= 15 is 0 Å². The average Bonchev–Trinajstić information content (AvgIpc) is 3.51. The third-order valence-electron chi connectivity index (χ3n) is 5.96. The first kappa shape index (κ1) is 21.9. The predicted octanol–water partition coefficient (Wildman–Crippen LogP) is 2.94. The standard InChI is InChI=1S/C23H27N5O4S/c1-14-12-27(13-15(2)32-14)28(33(30)31)18-7-5-16(6-8-18)20-11-21(26-23(29)17-3-4-17)25-22-19(20)9-10-24-22/h5-11,14-15,17,33H,3-4,12-13H2,1-2H3,(H2,24,25,26,29). The van der Waals surface area contributed by atoms with Crippen molar-refractivity contribution < 1.29 is 17.9 Å². The first-order valence-electron chi connectivity index (χ1n) is 11.1. The van der Waals surface area contributed by atoms with Crippen LogP contribution in [-0.4, -0.2) is 54.6 Å². The highest BCUT2D eigenvalue weighted by molar-refractivity contribution is 7.73. The molecule has 33 heavy (non-hydrogen) atoms. The zero-order chi connectivity index (χ0) is 23.1. The van der Waals surface area contributed by atoms with Crippen LogP contribution in [0.1, 0.15) is 26.7 Å². The Bertz CT molecular complexity index is 1230. The number of benzene rings is 1. The lowest BCUT2D eigenvalue weighted by Crippen LogP contribution is -2.53. The number of thiol groups is 1. The van der Waals surface area contributed by atoms with Crippen LogP contribution in [0.15, 0.2) is 42.6 Å².